The van der Waals surface area contributed by atoms with Gasteiger partial charge in [0.2, 0.25) is 0 Å². The van der Waals surface area contributed by atoms with E-state index in [0.29, 0.717) is 17.3 Å². The van der Waals surface area contributed by atoms with E-state index in [4.69, 9.17) is 17.0 Å². The monoisotopic (exact) mass is 374 g/mol. The van der Waals surface area contributed by atoms with Gasteiger partial charge in [0.15, 0.2) is 5.11 Å². The van der Waals surface area contributed by atoms with Crippen LogP contribution in [0.25, 0.3) is 0 Å². The summed E-state index contributed by atoms with van der Waals surface area (Å²) in [7, 11) is 0. The zero-order valence-corrected chi connectivity index (χ0v) is 16.0. The van der Waals surface area contributed by atoms with E-state index in [1.165, 1.54) is 4.90 Å². The fraction of sp³-hybridized carbons (Fsp3) is 0.263. The molecule has 0 saturated heterocycles. The number of carbonyl (C=O) groups is 1. The van der Waals surface area contributed by atoms with Crippen LogP contribution in [0.15, 0.2) is 53.4 Å². The number of hydrogen-bond acceptors (Lipinski definition) is 4. The highest BCUT2D eigenvalue weighted by molar-refractivity contribution is 7.99. The van der Waals surface area contributed by atoms with Crippen LogP contribution in [0.5, 0.6) is 0 Å². The molecule has 0 bridgehead atoms. The molecule has 25 heavy (non-hydrogen) atoms. The third kappa shape index (κ3) is 6.40. The number of esters is 1. The van der Waals surface area contributed by atoms with Gasteiger partial charge in [-0.05, 0) is 62.0 Å². The number of rotatable bonds is 7. The van der Waals surface area contributed by atoms with Gasteiger partial charge in [0.05, 0.1) is 12.2 Å². The number of carbonyl (C=O) groups excluding carboxylic acids is 1. The van der Waals surface area contributed by atoms with E-state index in [1.54, 1.807) is 30.8 Å². The smallest absolute Gasteiger partial charge is 0.338 e. The van der Waals surface area contributed by atoms with E-state index in [-0.39, 0.29) is 5.97 Å². The van der Waals surface area contributed by atoms with Gasteiger partial charge in [0.25, 0.3) is 0 Å². The lowest BCUT2D eigenvalue weighted by Crippen LogP contribution is -2.30. The van der Waals surface area contributed by atoms with Crippen LogP contribution in [0, 0.1) is 6.92 Å². The van der Waals surface area contributed by atoms with Crippen LogP contribution in [0.4, 0.5) is 5.69 Å². The van der Waals surface area contributed by atoms with Crippen molar-refractivity contribution in [2.45, 2.75) is 18.7 Å². The van der Waals surface area contributed by atoms with Crippen molar-refractivity contribution < 1.29 is 9.53 Å². The van der Waals surface area contributed by atoms with Gasteiger partial charge in [-0.25, -0.2) is 4.79 Å². The molecule has 2 aromatic carbocycles. The number of anilines is 1. The number of hydrogen-bond donors (Lipinski definition) is 2. The molecule has 2 N–H and O–H groups in total. The standard InChI is InChI=1S/C19H22N2O2S2/c1-3-23-18(22)15-9-10-17(14(2)13-15)21-19(24)20-11-12-25-16-7-5-4-6-8-16/h4-10,13H,3,11-12H2,1-2H3,(H2,20,21,24). The summed E-state index contributed by atoms with van der Waals surface area (Å²) in [5.41, 5.74) is 2.36. The Kier molecular flexibility index (Phi) is 7.76. The van der Waals surface area contributed by atoms with Crippen molar-refractivity contribution in [3.05, 3.63) is 59.7 Å². The predicted octanol–water partition coefficient (Wildman–Crippen LogP) is 4.25. The second kappa shape index (κ2) is 10.1. The van der Waals surface area contributed by atoms with E-state index < -0.39 is 0 Å². The molecule has 2 aromatic rings. The fourth-order valence-corrected chi connectivity index (χ4v) is 3.16. The number of thioether (sulfide) groups is 1. The first-order valence-corrected chi connectivity index (χ1v) is 9.50. The molecule has 132 valence electrons. The van der Waals surface area contributed by atoms with Crippen LogP contribution in [0.3, 0.4) is 0 Å². The third-order valence-electron chi connectivity index (χ3n) is 3.39. The summed E-state index contributed by atoms with van der Waals surface area (Å²) in [6.07, 6.45) is 0. The third-order valence-corrected chi connectivity index (χ3v) is 4.65. The van der Waals surface area contributed by atoms with Gasteiger partial charge in [-0.3, -0.25) is 0 Å². The van der Waals surface area contributed by atoms with E-state index >= 15 is 0 Å². The Balaban J connectivity index is 1.79. The molecule has 6 heteroatoms. The van der Waals surface area contributed by atoms with E-state index in [0.717, 1.165) is 23.5 Å². The minimum absolute atomic E-state index is 0.309. The Morgan fingerprint density at radius 1 is 1.20 bits per heavy atom. The lowest BCUT2D eigenvalue weighted by Gasteiger charge is -2.13. The van der Waals surface area contributed by atoms with Crippen LogP contribution in [0.1, 0.15) is 22.8 Å². The van der Waals surface area contributed by atoms with Gasteiger partial charge in [0.1, 0.15) is 0 Å². The Hall–Kier alpha value is -2.05. The maximum atomic E-state index is 11.7. The van der Waals surface area contributed by atoms with Crippen molar-refractivity contribution in [2.75, 3.05) is 24.2 Å². The number of aryl methyl sites for hydroxylation is 1. The molecule has 0 heterocycles. The highest BCUT2D eigenvalue weighted by atomic mass is 32.2. The Morgan fingerprint density at radius 3 is 2.64 bits per heavy atom. The van der Waals surface area contributed by atoms with E-state index in [1.807, 2.05) is 31.2 Å². The van der Waals surface area contributed by atoms with Crippen LogP contribution in [-0.4, -0.2) is 30.0 Å². The predicted molar refractivity (Wildman–Crippen MR) is 109 cm³/mol. The summed E-state index contributed by atoms with van der Waals surface area (Å²) in [5, 5.41) is 6.93. The summed E-state index contributed by atoms with van der Waals surface area (Å²) in [6.45, 7) is 4.86. The molecule has 0 spiro atoms. The maximum absolute atomic E-state index is 11.7. The molecule has 0 aliphatic carbocycles. The van der Waals surface area contributed by atoms with Crippen molar-refractivity contribution in [1.29, 1.82) is 0 Å². The zero-order valence-electron chi connectivity index (χ0n) is 14.4. The van der Waals surface area contributed by atoms with Gasteiger partial charge in [0, 0.05) is 22.9 Å². The second-order valence-electron chi connectivity index (χ2n) is 5.29. The summed E-state index contributed by atoms with van der Waals surface area (Å²) in [5.74, 6) is 0.614. The van der Waals surface area contributed by atoms with Crippen LogP contribution in [0.2, 0.25) is 0 Å². The van der Waals surface area contributed by atoms with Crippen LogP contribution < -0.4 is 10.6 Å². The molecule has 0 amide bonds. The van der Waals surface area contributed by atoms with Gasteiger partial charge < -0.3 is 15.4 Å². The van der Waals surface area contributed by atoms with Gasteiger partial charge >= 0.3 is 5.97 Å². The first-order valence-electron chi connectivity index (χ1n) is 8.10. The number of benzene rings is 2. The summed E-state index contributed by atoms with van der Waals surface area (Å²) in [6, 6.07) is 15.6. The number of nitrogens with one attached hydrogen (secondary N) is 2. The normalized spacial score (nSPS) is 10.2. The lowest BCUT2D eigenvalue weighted by molar-refractivity contribution is 0.0526. The topological polar surface area (TPSA) is 50.4 Å². The number of ether oxygens (including phenoxy) is 1. The average molecular weight is 375 g/mol. The highest BCUT2D eigenvalue weighted by Gasteiger charge is 2.09. The van der Waals surface area contributed by atoms with Crippen molar-refractivity contribution in [3.63, 3.8) is 0 Å². The molecule has 0 aliphatic rings. The lowest BCUT2D eigenvalue weighted by atomic mass is 10.1. The molecule has 4 nitrogen and oxygen atoms in total. The second-order valence-corrected chi connectivity index (χ2v) is 6.87. The Bertz CT molecular complexity index is 721. The van der Waals surface area contributed by atoms with Crippen LogP contribution >= 0.6 is 24.0 Å². The molecule has 0 unspecified atom stereocenters. The largest absolute Gasteiger partial charge is 0.462 e. The fourth-order valence-electron chi connectivity index (χ4n) is 2.16. The minimum Gasteiger partial charge on any atom is -0.462 e. The van der Waals surface area contributed by atoms with Gasteiger partial charge in [-0.2, -0.15) is 0 Å². The molecule has 0 fully saturated rings. The van der Waals surface area contributed by atoms with E-state index in [9.17, 15) is 4.79 Å². The Labute approximate surface area is 158 Å². The van der Waals surface area contributed by atoms with Gasteiger partial charge in [-0.1, -0.05) is 18.2 Å². The Morgan fingerprint density at radius 2 is 1.96 bits per heavy atom. The summed E-state index contributed by atoms with van der Waals surface area (Å²) >= 11 is 7.11. The highest BCUT2D eigenvalue weighted by Crippen LogP contribution is 2.18. The average Bonchev–Trinajstić information content (AvgIpc) is 2.61. The van der Waals surface area contributed by atoms with Crippen molar-refractivity contribution in [1.82, 2.24) is 5.32 Å². The molecule has 0 aliphatic heterocycles. The molecule has 0 aromatic heterocycles. The molecule has 0 radical (unpaired) electrons. The van der Waals surface area contributed by atoms with Crippen molar-refractivity contribution >= 4 is 40.7 Å². The molecular weight excluding hydrogens is 352 g/mol. The van der Waals surface area contributed by atoms with Crippen molar-refractivity contribution in [3.8, 4) is 0 Å². The van der Waals surface area contributed by atoms with Crippen LogP contribution in [-0.2, 0) is 4.74 Å². The van der Waals surface area contributed by atoms with Crippen molar-refractivity contribution in [2.24, 2.45) is 0 Å². The SMILES string of the molecule is CCOC(=O)c1ccc(NC(=S)NCCSc2ccccc2)c(C)c1. The molecular formula is C19H22N2O2S2. The molecule has 0 saturated carbocycles. The quantitative estimate of drug-likeness (QED) is 0.327. The molecule has 0 atom stereocenters. The number of thiocarbonyl (C=S) groups is 1. The minimum atomic E-state index is -0.309. The van der Waals surface area contributed by atoms with Gasteiger partial charge in [-0.15, -0.1) is 11.8 Å². The summed E-state index contributed by atoms with van der Waals surface area (Å²) < 4.78 is 5.01. The summed E-state index contributed by atoms with van der Waals surface area (Å²) in [4.78, 5) is 13.0. The first kappa shape index (κ1) is 19.3. The maximum Gasteiger partial charge on any atom is 0.338 e. The van der Waals surface area contributed by atoms with E-state index in [2.05, 4.69) is 22.8 Å². The first-order chi connectivity index (χ1) is 12.1. The zero-order chi connectivity index (χ0) is 18.1. The molecule has 2 rings (SSSR count).